The monoisotopic (exact) mass is 356 g/mol. The van der Waals surface area contributed by atoms with Crippen LogP contribution in [0.25, 0.3) is 11.3 Å². The van der Waals surface area contributed by atoms with Crippen molar-refractivity contribution in [1.82, 2.24) is 15.6 Å². The molecule has 0 bridgehead atoms. The van der Waals surface area contributed by atoms with E-state index in [-0.39, 0.29) is 11.7 Å². The predicted molar refractivity (Wildman–Crippen MR) is 97.4 cm³/mol. The number of carbonyl (C=O) groups is 1. The summed E-state index contributed by atoms with van der Waals surface area (Å²) >= 11 is 1.56. The summed E-state index contributed by atoms with van der Waals surface area (Å²) in [4.78, 5) is 13.3. The first-order valence-corrected chi connectivity index (χ1v) is 8.63. The number of aromatic amines is 1. The molecule has 0 unspecified atom stereocenters. The molecule has 2 N–H and O–H groups in total. The summed E-state index contributed by atoms with van der Waals surface area (Å²) in [6, 6.07) is 7.93. The number of thiophene rings is 1. The maximum Gasteiger partial charge on any atom is 0.272 e. The minimum absolute atomic E-state index is 0.258. The maximum absolute atomic E-state index is 13.0. The van der Waals surface area contributed by atoms with Gasteiger partial charge in [-0.05, 0) is 36.2 Å². The lowest BCUT2D eigenvalue weighted by molar-refractivity contribution is 0.0955. The summed E-state index contributed by atoms with van der Waals surface area (Å²) in [5.41, 5.74) is 5.29. The molecule has 3 aromatic rings. The molecule has 2 heterocycles. The van der Waals surface area contributed by atoms with Crippen LogP contribution in [-0.2, 0) is 0 Å². The first-order chi connectivity index (χ1) is 12.0. The van der Waals surface area contributed by atoms with Crippen LogP contribution in [0.15, 0.2) is 47.0 Å². The number of hydrogen-bond donors (Lipinski definition) is 2. The number of halogens is 1. The van der Waals surface area contributed by atoms with E-state index in [2.05, 4.69) is 34.6 Å². The number of nitrogens with zero attached hydrogens (tertiary/aromatic N) is 2. The fraction of sp³-hybridized carbons (Fsp3) is 0.167. The second-order valence-electron chi connectivity index (χ2n) is 5.80. The van der Waals surface area contributed by atoms with Gasteiger partial charge < -0.3 is 0 Å². The Morgan fingerprint density at radius 2 is 2.12 bits per heavy atom. The molecule has 0 saturated carbocycles. The highest BCUT2D eigenvalue weighted by Gasteiger charge is 2.10. The molecule has 0 saturated heterocycles. The molecule has 2 aromatic heterocycles. The van der Waals surface area contributed by atoms with Crippen molar-refractivity contribution in [2.75, 3.05) is 0 Å². The maximum atomic E-state index is 13.0. The molecule has 0 aliphatic rings. The first kappa shape index (κ1) is 17.0. The normalized spacial score (nSPS) is 11.4. The molecule has 1 amide bonds. The molecule has 25 heavy (non-hydrogen) atoms. The zero-order valence-corrected chi connectivity index (χ0v) is 14.6. The van der Waals surface area contributed by atoms with Crippen LogP contribution in [0.2, 0.25) is 0 Å². The quantitative estimate of drug-likeness (QED) is 0.532. The molecule has 3 rings (SSSR count). The molecule has 0 fully saturated rings. The first-order valence-electron chi connectivity index (χ1n) is 7.75. The number of hydrazone groups is 1. The molecule has 0 atom stereocenters. The highest BCUT2D eigenvalue weighted by molar-refractivity contribution is 7.10. The molecule has 0 spiro atoms. The van der Waals surface area contributed by atoms with Crippen LogP contribution in [0.5, 0.6) is 0 Å². The Labute approximate surface area is 148 Å². The summed E-state index contributed by atoms with van der Waals surface area (Å²) in [6.07, 6.45) is 3.10. The Balaban J connectivity index is 1.69. The Bertz CT molecular complexity index is 896. The minimum Gasteiger partial charge on any atom is -0.277 e. The summed E-state index contributed by atoms with van der Waals surface area (Å²) in [5.74, 6) is -0.173. The van der Waals surface area contributed by atoms with Crippen molar-refractivity contribution in [2.45, 2.75) is 19.8 Å². The lowest BCUT2D eigenvalue weighted by atomic mass is 10.1. The summed E-state index contributed by atoms with van der Waals surface area (Å²) in [7, 11) is 0. The van der Waals surface area contributed by atoms with Crippen molar-refractivity contribution in [2.24, 2.45) is 5.10 Å². The van der Waals surface area contributed by atoms with E-state index in [1.807, 2.05) is 11.4 Å². The SMILES string of the molecule is CC(C)c1cc(C(=O)N/N=C\c2cn[nH]c2-c2ccc(F)cc2)cs1. The lowest BCUT2D eigenvalue weighted by Crippen LogP contribution is -2.16. The van der Waals surface area contributed by atoms with E-state index in [1.165, 1.54) is 18.3 Å². The number of benzene rings is 1. The van der Waals surface area contributed by atoms with E-state index in [0.29, 0.717) is 22.7 Å². The van der Waals surface area contributed by atoms with E-state index in [4.69, 9.17) is 0 Å². The van der Waals surface area contributed by atoms with E-state index >= 15 is 0 Å². The number of carbonyl (C=O) groups excluding carboxylic acids is 1. The second-order valence-corrected chi connectivity index (χ2v) is 6.74. The van der Waals surface area contributed by atoms with E-state index in [9.17, 15) is 9.18 Å². The summed E-state index contributed by atoms with van der Waals surface area (Å²) in [5, 5.41) is 12.6. The lowest BCUT2D eigenvalue weighted by Gasteiger charge is -2.00. The van der Waals surface area contributed by atoms with E-state index < -0.39 is 0 Å². The van der Waals surface area contributed by atoms with Gasteiger partial charge in [-0.3, -0.25) is 9.89 Å². The van der Waals surface area contributed by atoms with Gasteiger partial charge in [0.1, 0.15) is 5.82 Å². The third kappa shape index (κ3) is 4.00. The van der Waals surface area contributed by atoms with Crippen LogP contribution in [0.3, 0.4) is 0 Å². The highest BCUT2D eigenvalue weighted by Crippen LogP contribution is 2.23. The molecule has 7 heteroatoms. The third-order valence-corrected chi connectivity index (χ3v) is 4.86. The summed E-state index contributed by atoms with van der Waals surface area (Å²) in [6.45, 7) is 4.17. The van der Waals surface area contributed by atoms with E-state index in [0.717, 1.165) is 10.4 Å². The molecule has 0 radical (unpaired) electrons. The molecule has 1 aromatic carbocycles. The van der Waals surface area contributed by atoms with Crippen molar-refractivity contribution >= 4 is 23.5 Å². The van der Waals surface area contributed by atoms with Crippen LogP contribution < -0.4 is 5.43 Å². The topological polar surface area (TPSA) is 70.1 Å². The molecule has 128 valence electrons. The molecule has 5 nitrogen and oxygen atoms in total. The Hall–Kier alpha value is -2.80. The Morgan fingerprint density at radius 3 is 2.80 bits per heavy atom. The third-order valence-electron chi connectivity index (χ3n) is 3.62. The van der Waals surface area contributed by atoms with Crippen LogP contribution in [-0.4, -0.2) is 22.3 Å². The van der Waals surface area contributed by atoms with Gasteiger partial charge in [-0.2, -0.15) is 10.2 Å². The van der Waals surface area contributed by atoms with Crippen molar-refractivity contribution in [1.29, 1.82) is 0 Å². The fourth-order valence-corrected chi connectivity index (χ4v) is 3.15. The zero-order chi connectivity index (χ0) is 17.8. The number of amides is 1. The van der Waals surface area contributed by atoms with E-state index in [1.54, 1.807) is 29.7 Å². The number of rotatable bonds is 5. The second kappa shape index (κ2) is 7.40. The molecular weight excluding hydrogens is 339 g/mol. The van der Waals surface area contributed by atoms with Crippen molar-refractivity contribution in [3.63, 3.8) is 0 Å². The minimum atomic E-state index is -0.303. The fourth-order valence-electron chi connectivity index (χ4n) is 2.24. The zero-order valence-electron chi connectivity index (χ0n) is 13.8. The summed E-state index contributed by atoms with van der Waals surface area (Å²) < 4.78 is 13.0. The van der Waals surface area contributed by atoms with Gasteiger partial charge in [-0.15, -0.1) is 11.3 Å². The molecular formula is C18H17FN4OS. The predicted octanol–water partition coefficient (Wildman–Crippen LogP) is 4.16. The Kier molecular flexibility index (Phi) is 5.04. The smallest absolute Gasteiger partial charge is 0.272 e. The van der Waals surface area contributed by atoms with Gasteiger partial charge in [0.15, 0.2) is 0 Å². The van der Waals surface area contributed by atoms with Gasteiger partial charge in [-0.1, -0.05) is 13.8 Å². The Morgan fingerprint density at radius 1 is 1.36 bits per heavy atom. The molecule has 0 aliphatic carbocycles. The van der Waals surface area contributed by atoms with Gasteiger partial charge in [0.25, 0.3) is 5.91 Å². The van der Waals surface area contributed by atoms with Gasteiger partial charge in [-0.25, -0.2) is 9.82 Å². The van der Waals surface area contributed by atoms with Crippen LogP contribution in [0.4, 0.5) is 4.39 Å². The largest absolute Gasteiger partial charge is 0.277 e. The standard InChI is InChI=1S/C18H17FN4OS/c1-11(2)16-7-13(10-25-16)18(24)23-21-9-14-8-20-22-17(14)12-3-5-15(19)6-4-12/h3-11H,1-2H3,(H,20,22)(H,23,24)/b21-9-. The number of H-pyrrole nitrogens is 1. The van der Waals surface area contributed by atoms with Crippen LogP contribution in [0.1, 0.15) is 40.6 Å². The van der Waals surface area contributed by atoms with Gasteiger partial charge in [0.2, 0.25) is 0 Å². The van der Waals surface area contributed by atoms with Crippen molar-refractivity contribution in [3.8, 4) is 11.3 Å². The molecule has 0 aliphatic heterocycles. The highest BCUT2D eigenvalue weighted by atomic mass is 32.1. The number of aromatic nitrogens is 2. The average molecular weight is 356 g/mol. The number of nitrogens with one attached hydrogen (secondary N) is 2. The average Bonchev–Trinajstić information content (AvgIpc) is 3.25. The van der Waals surface area contributed by atoms with Gasteiger partial charge in [0, 0.05) is 21.4 Å². The van der Waals surface area contributed by atoms with Crippen molar-refractivity contribution in [3.05, 3.63) is 63.7 Å². The van der Waals surface area contributed by atoms with Crippen LogP contribution in [0, 0.1) is 5.82 Å². The van der Waals surface area contributed by atoms with Gasteiger partial charge in [0.05, 0.1) is 23.7 Å². The van der Waals surface area contributed by atoms with Crippen LogP contribution >= 0.6 is 11.3 Å². The van der Waals surface area contributed by atoms with Gasteiger partial charge >= 0.3 is 0 Å². The number of hydrogen-bond acceptors (Lipinski definition) is 4. The van der Waals surface area contributed by atoms with Crippen molar-refractivity contribution < 1.29 is 9.18 Å².